The Balaban J connectivity index is 1.53. The van der Waals surface area contributed by atoms with E-state index in [0.29, 0.717) is 23.7 Å². The van der Waals surface area contributed by atoms with Crippen molar-refractivity contribution in [3.05, 3.63) is 12.2 Å². The number of carbonyl (C=O) groups excluding carboxylic acids is 2. The normalized spacial score (nSPS) is 48.5. The SMILES string of the molecule is C=C(C)[C@@H]1CC[C@]2(C#N)CC[C@]3(C)[C@H](CC[C@@H]4[C@@]5(C)CCC(=NOC(C)=O)[C@@](C)(COC(C)=O)[C@@H]5CC[C@]43C)[C@@H]12. The van der Waals surface area contributed by atoms with Crippen LogP contribution in [0.3, 0.4) is 0 Å². The zero-order valence-corrected chi connectivity index (χ0v) is 25.9. The molecule has 6 heteroatoms. The molecule has 0 aliphatic heterocycles. The van der Waals surface area contributed by atoms with Crippen molar-refractivity contribution < 1.29 is 19.2 Å². The third-order valence-electron chi connectivity index (χ3n) is 13.7. The van der Waals surface area contributed by atoms with Crippen LogP contribution >= 0.6 is 0 Å². The van der Waals surface area contributed by atoms with Crippen molar-refractivity contribution in [2.45, 2.75) is 113 Å². The summed E-state index contributed by atoms with van der Waals surface area (Å²) in [6.07, 6.45) is 10.5. The maximum atomic E-state index is 12.0. The molecule has 0 bridgehead atoms. The van der Waals surface area contributed by atoms with Gasteiger partial charge in [-0.15, -0.1) is 0 Å². The minimum Gasteiger partial charge on any atom is -0.465 e. The zero-order valence-electron chi connectivity index (χ0n) is 25.9. The summed E-state index contributed by atoms with van der Waals surface area (Å²) in [7, 11) is 0. The van der Waals surface area contributed by atoms with Gasteiger partial charge in [-0.05, 0) is 117 Å². The number of allylic oxidation sites excluding steroid dienone is 1. The first-order valence-corrected chi connectivity index (χ1v) is 15.6. The number of esters is 1. The molecule has 0 heterocycles. The summed E-state index contributed by atoms with van der Waals surface area (Å²) in [6, 6.07) is 2.88. The monoisotopic (exact) mass is 550 g/mol. The number of hydrogen-bond acceptors (Lipinski definition) is 6. The maximum absolute atomic E-state index is 12.0. The molecule has 0 amide bonds. The van der Waals surface area contributed by atoms with E-state index in [1.165, 1.54) is 32.3 Å². The van der Waals surface area contributed by atoms with E-state index in [4.69, 9.17) is 9.57 Å². The quantitative estimate of drug-likeness (QED) is 0.155. The summed E-state index contributed by atoms with van der Waals surface area (Å²) in [5.74, 6) is 1.51. The van der Waals surface area contributed by atoms with Crippen LogP contribution in [0.25, 0.3) is 0 Å². The van der Waals surface area contributed by atoms with Gasteiger partial charge in [0.15, 0.2) is 0 Å². The summed E-state index contributed by atoms with van der Waals surface area (Å²) in [5, 5.41) is 14.9. The fourth-order valence-corrected chi connectivity index (χ4v) is 11.7. The van der Waals surface area contributed by atoms with Gasteiger partial charge in [-0.3, -0.25) is 4.79 Å². The Hall–Kier alpha value is -2.16. The predicted molar refractivity (Wildman–Crippen MR) is 155 cm³/mol. The molecule has 0 saturated heterocycles. The average molecular weight is 551 g/mol. The molecule has 0 aromatic heterocycles. The van der Waals surface area contributed by atoms with Gasteiger partial charge in [-0.1, -0.05) is 45.0 Å². The van der Waals surface area contributed by atoms with E-state index in [2.05, 4.69) is 52.4 Å². The molecule has 0 aromatic carbocycles. The topological polar surface area (TPSA) is 88.8 Å². The van der Waals surface area contributed by atoms with Crippen LogP contribution < -0.4 is 0 Å². The van der Waals surface area contributed by atoms with Crippen LogP contribution in [0, 0.1) is 68.0 Å². The van der Waals surface area contributed by atoms with Crippen LogP contribution in [0.4, 0.5) is 0 Å². The zero-order chi connectivity index (χ0) is 29.3. The Kier molecular flexibility index (Phi) is 7.12. The number of nitrogens with zero attached hydrogens (tertiary/aromatic N) is 2. The fraction of sp³-hybridized carbons (Fsp3) is 0.824. The largest absolute Gasteiger partial charge is 0.465 e. The Bertz CT molecular complexity index is 1170. The minimum absolute atomic E-state index is 0.0539. The number of oxime groups is 1. The smallest absolute Gasteiger partial charge is 0.331 e. The third-order valence-corrected chi connectivity index (χ3v) is 13.7. The fourth-order valence-electron chi connectivity index (χ4n) is 11.7. The van der Waals surface area contributed by atoms with Gasteiger partial charge < -0.3 is 9.57 Å². The van der Waals surface area contributed by atoms with Crippen molar-refractivity contribution in [1.29, 1.82) is 5.26 Å². The van der Waals surface area contributed by atoms with Crippen LogP contribution in [-0.4, -0.2) is 24.3 Å². The van der Waals surface area contributed by atoms with Crippen LogP contribution in [-0.2, 0) is 19.2 Å². The summed E-state index contributed by atoms with van der Waals surface area (Å²) < 4.78 is 5.69. The number of ether oxygens (including phenoxy) is 1. The lowest BCUT2D eigenvalue weighted by Gasteiger charge is -2.72. The molecule has 5 rings (SSSR count). The first-order valence-electron chi connectivity index (χ1n) is 15.6. The van der Waals surface area contributed by atoms with Crippen molar-refractivity contribution in [2.24, 2.45) is 61.8 Å². The van der Waals surface area contributed by atoms with Gasteiger partial charge in [0.2, 0.25) is 0 Å². The van der Waals surface area contributed by atoms with Gasteiger partial charge in [0, 0.05) is 19.3 Å². The molecule has 0 radical (unpaired) electrons. The number of rotatable bonds is 4. The second kappa shape index (κ2) is 9.70. The lowest BCUT2D eigenvalue weighted by Crippen LogP contribution is -2.67. The molecule has 0 spiro atoms. The molecule has 10 atom stereocenters. The highest BCUT2D eigenvalue weighted by Gasteiger charge is 2.71. The minimum atomic E-state index is -0.480. The second-order valence-corrected chi connectivity index (χ2v) is 15.3. The van der Waals surface area contributed by atoms with Crippen LogP contribution in [0.5, 0.6) is 0 Å². The van der Waals surface area contributed by atoms with Crippen molar-refractivity contribution in [1.82, 2.24) is 0 Å². The Morgan fingerprint density at radius 1 is 0.925 bits per heavy atom. The lowest BCUT2D eigenvalue weighted by molar-refractivity contribution is -0.227. The highest BCUT2D eigenvalue weighted by atomic mass is 16.7. The molecule has 5 aliphatic carbocycles. The molecule has 5 fully saturated rings. The molecular formula is C34H50N2O4. The Labute approximate surface area is 241 Å². The lowest BCUT2D eigenvalue weighted by atomic mass is 9.32. The Morgan fingerprint density at radius 2 is 1.65 bits per heavy atom. The van der Waals surface area contributed by atoms with E-state index in [1.807, 2.05) is 0 Å². The average Bonchev–Trinajstić information content (AvgIpc) is 3.28. The van der Waals surface area contributed by atoms with Crippen LogP contribution in [0.1, 0.15) is 113 Å². The first-order chi connectivity index (χ1) is 18.7. The summed E-state index contributed by atoms with van der Waals surface area (Å²) in [4.78, 5) is 28.8. The molecule has 40 heavy (non-hydrogen) atoms. The highest BCUT2D eigenvalue weighted by molar-refractivity contribution is 5.91. The maximum Gasteiger partial charge on any atom is 0.331 e. The van der Waals surface area contributed by atoms with E-state index in [0.717, 1.165) is 57.1 Å². The first kappa shape index (κ1) is 29.3. The van der Waals surface area contributed by atoms with Gasteiger partial charge in [0.05, 0.1) is 17.2 Å². The van der Waals surface area contributed by atoms with E-state index in [9.17, 15) is 14.9 Å². The van der Waals surface area contributed by atoms with E-state index < -0.39 is 11.4 Å². The number of fused-ring (bicyclic) bond motifs is 7. The molecule has 5 saturated carbocycles. The van der Waals surface area contributed by atoms with Gasteiger partial charge in [-0.25, -0.2) is 4.79 Å². The van der Waals surface area contributed by atoms with Gasteiger partial charge in [0.25, 0.3) is 0 Å². The molecular weight excluding hydrogens is 500 g/mol. The summed E-state index contributed by atoms with van der Waals surface area (Å²) >= 11 is 0. The number of nitriles is 1. The van der Waals surface area contributed by atoms with Crippen molar-refractivity contribution in [3.63, 3.8) is 0 Å². The number of hydrogen-bond donors (Lipinski definition) is 0. The van der Waals surface area contributed by atoms with Crippen molar-refractivity contribution in [2.75, 3.05) is 6.61 Å². The van der Waals surface area contributed by atoms with E-state index in [-0.39, 0.29) is 40.2 Å². The molecule has 6 nitrogen and oxygen atoms in total. The van der Waals surface area contributed by atoms with Crippen molar-refractivity contribution >= 4 is 17.7 Å². The summed E-state index contributed by atoms with van der Waals surface area (Å²) in [5.41, 5.74) is 1.84. The van der Waals surface area contributed by atoms with E-state index >= 15 is 0 Å². The summed E-state index contributed by atoms with van der Waals surface area (Å²) in [6.45, 7) is 19.5. The predicted octanol–water partition coefficient (Wildman–Crippen LogP) is 7.63. The standard InChI is InChI=1S/C34H50N2O4/c1-21(2)24-11-16-34(19-35)18-17-32(7)25(29(24)34)9-10-27-30(5)14-13-28(36-40-23(4)38)31(6,20-39-22(3)37)26(30)12-15-33(27,32)8/h24-27,29H,1,9-18,20H2,2-8H3/t24-,25+,26+,27+,29+,30-,31-,32+,33+,34+/m0/s1. The third kappa shape index (κ3) is 3.96. The molecule has 5 aliphatic rings. The van der Waals surface area contributed by atoms with Crippen LogP contribution in [0.2, 0.25) is 0 Å². The molecule has 0 N–H and O–H groups in total. The van der Waals surface area contributed by atoms with Crippen LogP contribution in [0.15, 0.2) is 17.3 Å². The number of carbonyl (C=O) groups is 2. The van der Waals surface area contributed by atoms with E-state index in [1.54, 1.807) is 0 Å². The van der Waals surface area contributed by atoms with Crippen molar-refractivity contribution in [3.8, 4) is 6.07 Å². The van der Waals surface area contributed by atoms with Gasteiger partial charge in [-0.2, -0.15) is 5.26 Å². The van der Waals surface area contributed by atoms with Gasteiger partial charge in [0.1, 0.15) is 6.61 Å². The molecule has 220 valence electrons. The molecule has 0 aromatic rings. The van der Waals surface area contributed by atoms with Gasteiger partial charge >= 0.3 is 11.9 Å². The second-order valence-electron chi connectivity index (χ2n) is 15.3. The highest BCUT2D eigenvalue weighted by Crippen LogP contribution is 2.77. The molecule has 0 unspecified atom stereocenters. The Morgan fingerprint density at radius 3 is 2.27 bits per heavy atom.